The Labute approximate surface area is 304 Å². The van der Waals surface area contributed by atoms with Gasteiger partial charge in [-0.25, -0.2) is 9.80 Å². The van der Waals surface area contributed by atoms with E-state index in [0.29, 0.717) is 44.7 Å². The van der Waals surface area contributed by atoms with Crippen LogP contribution in [0.15, 0.2) is 94.1 Å². The fourth-order valence-electron chi connectivity index (χ4n) is 7.87. The lowest BCUT2D eigenvalue weighted by Gasteiger charge is -2.44. The van der Waals surface area contributed by atoms with Crippen molar-refractivity contribution in [1.29, 1.82) is 0 Å². The van der Waals surface area contributed by atoms with Gasteiger partial charge in [0.15, 0.2) is 0 Å². The highest BCUT2D eigenvalue weighted by Gasteiger charge is 2.57. The number of ether oxygens (including phenoxy) is 1. The smallest absolute Gasteiger partial charge is 0.349 e. The second-order valence-corrected chi connectivity index (χ2v) is 13.0. The van der Waals surface area contributed by atoms with Crippen molar-refractivity contribution in [2.45, 2.75) is 47.1 Å². The number of benzene rings is 4. The van der Waals surface area contributed by atoms with E-state index in [2.05, 4.69) is 61.7 Å². The van der Waals surface area contributed by atoms with Crippen molar-refractivity contribution in [1.82, 2.24) is 10.4 Å². The number of fused-ring (bicyclic) bond motifs is 7. The van der Waals surface area contributed by atoms with Crippen molar-refractivity contribution in [2.24, 2.45) is 0 Å². The molecule has 0 saturated heterocycles. The first-order valence-corrected chi connectivity index (χ1v) is 18.3. The van der Waals surface area contributed by atoms with Crippen LogP contribution in [0.25, 0.3) is 11.0 Å². The molecule has 2 aliphatic heterocycles. The van der Waals surface area contributed by atoms with Crippen molar-refractivity contribution in [3.63, 3.8) is 0 Å². The lowest BCUT2D eigenvalue weighted by molar-refractivity contribution is 0.0446. The molecule has 0 unspecified atom stereocenters. The summed E-state index contributed by atoms with van der Waals surface area (Å²) in [4.78, 5) is 49.0. The molecule has 2 amide bonds. The maximum Gasteiger partial charge on any atom is 0.349 e. The second kappa shape index (κ2) is 13.7. The molecule has 10 heteroatoms. The summed E-state index contributed by atoms with van der Waals surface area (Å²) in [6.45, 7) is 17.3. The van der Waals surface area contributed by atoms with Crippen LogP contribution in [0, 0.1) is 0 Å². The average Bonchev–Trinajstić information content (AvgIpc) is 3.40. The highest BCUT2D eigenvalue weighted by molar-refractivity contribution is 6.05. The van der Waals surface area contributed by atoms with Crippen molar-refractivity contribution in [3.8, 4) is 11.5 Å². The number of carbonyl (C=O) groups excluding carboxylic acids is 2. The molecular formula is C42H45N5O5. The fourth-order valence-corrected chi connectivity index (χ4v) is 7.87. The van der Waals surface area contributed by atoms with Gasteiger partial charge in [-0.05, 0) is 77.9 Å². The van der Waals surface area contributed by atoms with E-state index in [0.717, 1.165) is 56.3 Å². The number of hydrogen-bond donors (Lipinski definition) is 1. The van der Waals surface area contributed by atoms with Crippen LogP contribution in [0.4, 0.5) is 17.1 Å². The Hall–Kier alpha value is -5.77. The quantitative estimate of drug-likeness (QED) is 0.141. The van der Waals surface area contributed by atoms with E-state index < -0.39 is 23.0 Å². The summed E-state index contributed by atoms with van der Waals surface area (Å²) < 4.78 is 12.5. The summed E-state index contributed by atoms with van der Waals surface area (Å²) in [5.74, 6) is -0.00584. The zero-order chi connectivity index (χ0) is 36.7. The van der Waals surface area contributed by atoms with E-state index in [9.17, 15) is 14.4 Å². The Balaban J connectivity index is 1.41. The molecule has 0 saturated carbocycles. The van der Waals surface area contributed by atoms with Crippen LogP contribution in [-0.4, -0.2) is 56.1 Å². The summed E-state index contributed by atoms with van der Waals surface area (Å²) in [7, 11) is 0. The topological polar surface area (TPSA) is 98.6 Å². The summed E-state index contributed by atoms with van der Waals surface area (Å²) in [5, 5.41) is 1.97. The predicted octanol–water partition coefficient (Wildman–Crippen LogP) is 7.53. The van der Waals surface area contributed by atoms with Gasteiger partial charge in [0.05, 0.1) is 0 Å². The van der Waals surface area contributed by atoms with Crippen LogP contribution < -0.4 is 30.5 Å². The van der Waals surface area contributed by atoms with E-state index in [1.54, 1.807) is 6.07 Å². The largest absolute Gasteiger partial charge is 0.456 e. The minimum absolute atomic E-state index is 0.205. The lowest BCUT2D eigenvalue weighted by Crippen LogP contribution is -2.56. The van der Waals surface area contributed by atoms with Crippen LogP contribution >= 0.6 is 0 Å². The van der Waals surface area contributed by atoms with Crippen LogP contribution in [0.5, 0.6) is 11.5 Å². The van der Waals surface area contributed by atoms with Gasteiger partial charge >= 0.3 is 5.63 Å². The van der Waals surface area contributed by atoms with E-state index in [4.69, 9.17) is 9.15 Å². The molecule has 3 heterocycles. The molecule has 7 rings (SSSR count). The number of nitrogens with one attached hydrogen (secondary N) is 1. The first-order valence-electron chi connectivity index (χ1n) is 18.3. The third-order valence-corrected chi connectivity index (χ3v) is 10.6. The van der Waals surface area contributed by atoms with Crippen molar-refractivity contribution in [2.75, 3.05) is 54.0 Å². The third kappa shape index (κ3) is 5.36. The normalized spacial score (nSPS) is 13.7. The van der Waals surface area contributed by atoms with E-state index in [-0.39, 0.29) is 5.56 Å². The number of anilines is 3. The Morgan fingerprint density at radius 1 is 0.654 bits per heavy atom. The van der Waals surface area contributed by atoms with E-state index in [1.165, 1.54) is 11.1 Å². The van der Waals surface area contributed by atoms with Crippen LogP contribution in [0.2, 0.25) is 0 Å². The molecule has 2 aliphatic rings. The summed E-state index contributed by atoms with van der Waals surface area (Å²) in [6.07, 6.45) is 0. The molecule has 0 fully saturated rings. The van der Waals surface area contributed by atoms with Gasteiger partial charge in [-0.15, -0.1) is 0 Å². The van der Waals surface area contributed by atoms with Crippen molar-refractivity contribution in [3.05, 3.63) is 123 Å². The Morgan fingerprint density at radius 2 is 1.17 bits per heavy atom. The van der Waals surface area contributed by atoms with Gasteiger partial charge in [0.2, 0.25) is 0 Å². The van der Waals surface area contributed by atoms with Gasteiger partial charge in [0.1, 0.15) is 28.2 Å². The van der Waals surface area contributed by atoms with Crippen LogP contribution in [0.3, 0.4) is 0 Å². The minimum atomic E-state index is -1.31. The second-order valence-electron chi connectivity index (χ2n) is 13.0. The molecule has 4 aromatic carbocycles. The highest BCUT2D eigenvalue weighted by Crippen LogP contribution is 2.57. The molecule has 0 bridgehead atoms. The number of hydrogen-bond acceptors (Lipinski definition) is 8. The standard InChI is InChI=1S/C42H45N5O5/c1-7-44(8-2)28-18-17-27-23-32(41(50)52-36(27)24-28)39(48)43-47-40(49)31-15-13-14-16-33(31)42(47)34-21-19-29(45(9-3)10-4)25-37(34)51-38-26-30(20-22-35(38)42)46(11-5)12-6/h13-26H,7-12H2,1-6H3,(H,43,48). The monoisotopic (exact) mass is 699 g/mol. The van der Waals surface area contributed by atoms with Gasteiger partial charge in [-0.3, -0.25) is 15.0 Å². The molecule has 10 nitrogen and oxygen atoms in total. The number of rotatable bonds is 11. The first kappa shape index (κ1) is 34.7. The molecule has 0 atom stereocenters. The maximum absolute atomic E-state index is 14.6. The summed E-state index contributed by atoms with van der Waals surface area (Å²) in [5.41, 5.74) is 6.39. The molecule has 52 heavy (non-hydrogen) atoms. The molecule has 268 valence electrons. The van der Waals surface area contributed by atoms with Gasteiger partial charge in [-0.1, -0.05) is 30.3 Å². The Bertz CT molecular complexity index is 2170. The number of hydrazine groups is 1. The number of amides is 2. The molecule has 1 aromatic heterocycles. The first-order chi connectivity index (χ1) is 25.2. The number of carbonyl (C=O) groups is 2. The zero-order valence-corrected chi connectivity index (χ0v) is 30.7. The van der Waals surface area contributed by atoms with Gasteiger partial charge in [-0.2, -0.15) is 0 Å². The third-order valence-electron chi connectivity index (χ3n) is 10.6. The average molecular weight is 700 g/mol. The molecule has 0 radical (unpaired) electrons. The van der Waals surface area contributed by atoms with Gasteiger partial charge in [0.25, 0.3) is 11.8 Å². The van der Waals surface area contributed by atoms with Crippen LogP contribution in [-0.2, 0) is 5.54 Å². The molecule has 5 aromatic rings. The highest BCUT2D eigenvalue weighted by atomic mass is 16.5. The van der Waals surface area contributed by atoms with Gasteiger partial charge in [0, 0.05) is 102 Å². The van der Waals surface area contributed by atoms with Gasteiger partial charge < -0.3 is 23.9 Å². The molecular weight excluding hydrogens is 654 g/mol. The maximum atomic E-state index is 14.6. The van der Waals surface area contributed by atoms with Crippen molar-refractivity contribution >= 4 is 39.8 Å². The minimum Gasteiger partial charge on any atom is -0.456 e. The molecule has 1 N–H and O–H groups in total. The van der Waals surface area contributed by atoms with Crippen molar-refractivity contribution < 1.29 is 18.7 Å². The summed E-state index contributed by atoms with van der Waals surface area (Å²) >= 11 is 0. The number of nitrogens with zero attached hydrogens (tertiary/aromatic N) is 4. The predicted molar refractivity (Wildman–Crippen MR) is 206 cm³/mol. The molecule has 0 aliphatic carbocycles. The van der Waals surface area contributed by atoms with E-state index >= 15 is 0 Å². The fraction of sp³-hybridized carbons (Fsp3) is 0.310. The molecule has 1 spiro atoms. The van der Waals surface area contributed by atoms with Crippen LogP contribution in [0.1, 0.15) is 78.9 Å². The Kier molecular flexibility index (Phi) is 9.16. The van der Waals surface area contributed by atoms with E-state index in [1.807, 2.05) is 72.8 Å². The zero-order valence-electron chi connectivity index (χ0n) is 30.7. The lowest BCUT2D eigenvalue weighted by atomic mass is 9.75. The summed E-state index contributed by atoms with van der Waals surface area (Å²) in [6, 6.07) is 26.6. The SMILES string of the molecule is CCN(CC)c1ccc2c(c1)Oc1cc(N(CC)CC)ccc1C21c2ccccc2C(=O)N1NC(=O)c1cc2ccc(N(CC)CC)cc2oc1=O. The Morgan fingerprint density at radius 3 is 1.73 bits per heavy atom.